The maximum atomic E-state index is 12.3. The van der Waals surface area contributed by atoms with Crippen molar-refractivity contribution < 1.29 is 22.7 Å². The predicted octanol–water partition coefficient (Wildman–Crippen LogP) is 3.71. The normalized spacial score (nSPS) is 11.1. The molecule has 0 radical (unpaired) electrons. The van der Waals surface area contributed by atoms with Gasteiger partial charge in [-0.05, 0) is 18.2 Å². The lowest BCUT2D eigenvalue weighted by atomic mass is 10.2. The number of para-hydroxylation sites is 1. The molecule has 0 saturated heterocycles. The summed E-state index contributed by atoms with van der Waals surface area (Å²) < 4.78 is 42.3. The molecule has 6 heteroatoms. The van der Waals surface area contributed by atoms with E-state index >= 15 is 0 Å². The smallest absolute Gasteiger partial charge is 0.417 e. The number of alkyl halides is 3. The summed E-state index contributed by atoms with van der Waals surface area (Å²) in [5.41, 5.74) is -0.562. The number of ether oxygens (including phenoxy) is 1. The van der Waals surface area contributed by atoms with Crippen LogP contribution in [0.4, 0.5) is 13.2 Å². The number of carbonyl (C=O) groups excluding carboxylic acids is 1. The molecule has 0 unspecified atom stereocenters. The van der Waals surface area contributed by atoms with Crippen molar-refractivity contribution in [2.75, 3.05) is 0 Å². The SMILES string of the molecule is O=Cc1ccccc1Oc1ccc(C(F)(F)F)cn1. The fourth-order valence-corrected chi connectivity index (χ4v) is 1.39. The quantitative estimate of drug-likeness (QED) is 0.796. The van der Waals surface area contributed by atoms with Gasteiger partial charge in [-0.3, -0.25) is 4.79 Å². The van der Waals surface area contributed by atoms with Gasteiger partial charge in [-0.2, -0.15) is 13.2 Å². The number of rotatable bonds is 3. The Morgan fingerprint density at radius 2 is 1.84 bits per heavy atom. The number of pyridine rings is 1. The first-order valence-electron chi connectivity index (χ1n) is 5.26. The van der Waals surface area contributed by atoms with Crippen LogP contribution in [0, 0.1) is 0 Å². The summed E-state index contributed by atoms with van der Waals surface area (Å²) in [5.74, 6) is 0.229. The van der Waals surface area contributed by atoms with Crippen molar-refractivity contribution in [2.24, 2.45) is 0 Å². The molecule has 1 heterocycles. The average Bonchev–Trinajstić information content (AvgIpc) is 2.39. The zero-order chi connectivity index (χ0) is 13.9. The van der Waals surface area contributed by atoms with Crippen LogP contribution in [0.25, 0.3) is 0 Å². The molecule has 3 nitrogen and oxygen atoms in total. The zero-order valence-electron chi connectivity index (χ0n) is 9.52. The molecule has 2 rings (SSSR count). The van der Waals surface area contributed by atoms with E-state index in [2.05, 4.69) is 4.98 Å². The lowest BCUT2D eigenvalue weighted by molar-refractivity contribution is -0.137. The highest BCUT2D eigenvalue weighted by Gasteiger charge is 2.30. The van der Waals surface area contributed by atoms with Gasteiger partial charge in [-0.25, -0.2) is 4.98 Å². The predicted molar refractivity (Wildman–Crippen MR) is 61.1 cm³/mol. The molecule has 0 saturated carbocycles. The molecule has 98 valence electrons. The third kappa shape index (κ3) is 3.09. The van der Waals surface area contributed by atoms with Crippen molar-refractivity contribution in [1.82, 2.24) is 4.98 Å². The van der Waals surface area contributed by atoms with Gasteiger partial charge in [0.05, 0.1) is 11.1 Å². The standard InChI is InChI=1S/C13H8F3NO2/c14-13(15,16)10-5-6-12(17-7-10)19-11-4-2-1-3-9(11)8-18/h1-8H. The number of nitrogens with zero attached hydrogens (tertiary/aromatic N) is 1. The Hall–Kier alpha value is -2.37. The maximum absolute atomic E-state index is 12.3. The molecule has 19 heavy (non-hydrogen) atoms. The van der Waals surface area contributed by atoms with Crippen LogP contribution in [0.5, 0.6) is 11.6 Å². The average molecular weight is 267 g/mol. The number of aromatic nitrogens is 1. The summed E-state index contributed by atoms with van der Waals surface area (Å²) in [6.45, 7) is 0. The van der Waals surface area contributed by atoms with Crippen molar-refractivity contribution in [3.8, 4) is 11.6 Å². The summed E-state index contributed by atoms with van der Waals surface area (Å²) in [5, 5.41) is 0. The van der Waals surface area contributed by atoms with Gasteiger partial charge in [0.15, 0.2) is 6.29 Å². The van der Waals surface area contributed by atoms with Gasteiger partial charge in [0, 0.05) is 12.3 Å². The molecule has 0 amide bonds. The van der Waals surface area contributed by atoms with E-state index in [1.165, 1.54) is 12.1 Å². The maximum Gasteiger partial charge on any atom is 0.417 e. The van der Waals surface area contributed by atoms with Crippen molar-refractivity contribution in [2.45, 2.75) is 6.18 Å². The highest BCUT2D eigenvalue weighted by atomic mass is 19.4. The Morgan fingerprint density at radius 3 is 2.42 bits per heavy atom. The highest BCUT2D eigenvalue weighted by molar-refractivity contribution is 5.79. The van der Waals surface area contributed by atoms with Crippen LogP contribution in [0.1, 0.15) is 15.9 Å². The molecule has 0 bridgehead atoms. The lowest BCUT2D eigenvalue weighted by Crippen LogP contribution is -2.05. The highest BCUT2D eigenvalue weighted by Crippen LogP contribution is 2.30. The Kier molecular flexibility index (Phi) is 3.50. The van der Waals surface area contributed by atoms with E-state index in [9.17, 15) is 18.0 Å². The molecule has 1 aromatic heterocycles. The van der Waals surface area contributed by atoms with E-state index in [1.807, 2.05) is 0 Å². The monoisotopic (exact) mass is 267 g/mol. The summed E-state index contributed by atoms with van der Waals surface area (Å²) >= 11 is 0. The molecule has 0 aliphatic carbocycles. The minimum Gasteiger partial charge on any atom is -0.438 e. The van der Waals surface area contributed by atoms with Crippen LogP contribution < -0.4 is 4.74 Å². The molecule has 0 fully saturated rings. The van der Waals surface area contributed by atoms with Crippen LogP contribution in [0.2, 0.25) is 0 Å². The van der Waals surface area contributed by atoms with Gasteiger partial charge in [0.25, 0.3) is 0 Å². The first kappa shape index (κ1) is 13.1. The minimum absolute atomic E-state index is 0.0118. The fourth-order valence-electron chi connectivity index (χ4n) is 1.39. The van der Waals surface area contributed by atoms with Crippen molar-refractivity contribution in [3.05, 3.63) is 53.7 Å². The molecule has 0 aliphatic rings. The molecule has 1 aromatic carbocycles. The van der Waals surface area contributed by atoms with Gasteiger partial charge in [-0.15, -0.1) is 0 Å². The van der Waals surface area contributed by atoms with Crippen LogP contribution in [0.3, 0.4) is 0 Å². The minimum atomic E-state index is -4.44. The second-order valence-electron chi connectivity index (χ2n) is 3.64. The number of halogens is 3. The lowest BCUT2D eigenvalue weighted by Gasteiger charge is -2.08. The van der Waals surface area contributed by atoms with Gasteiger partial charge in [0.2, 0.25) is 5.88 Å². The van der Waals surface area contributed by atoms with Crippen LogP contribution in [-0.4, -0.2) is 11.3 Å². The van der Waals surface area contributed by atoms with Gasteiger partial charge in [-0.1, -0.05) is 12.1 Å². The molecular formula is C13H8F3NO2. The van der Waals surface area contributed by atoms with Crippen LogP contribution in [-0.2, 0) is 6.18 Å². The second-order valence-corrected chi connectivity index (χ2v) is 3.64. The molecular weight excluding hydrogens is 259 g/mol. The first-order chi connectivity index (χ1) is 9.00. The largest absolute Gasteiger partial charge is 0.438 e. The molecule has 0 aliphatic heterocycles. The Balaban J connectivity index is 2.22. The fraction of sp³-hybridized carbons (Fsp3) is 0.0769. The zero-order valence-corrected chi connectivity index (χ0v) is 9.52. The summed E-state index contributed by atoms with van der Waals surface area (Å²) in [6, 6.07) is 8.33. The number of aldehydes is 1. The molecule has 2 aromatic rings. The number of hydrogen-bond donors (Lipinski definition) is 0. The van der Waals surface area contributed by atoms with Crippen LogP contribution in [0.15, 0.2) is 42.6 Å². The third-order valence-corrected chi connectivity index (χ3v) is 2.32. The molecule has 0 atom stereocenters. The number of carbonyl (C=O) groups is 1. The Morgan fingerprint density at radius 1 is 1.11 bits per heavy atom. The topological polar surface area (TPSA) is 39.2 Å². The van der Waals surface area contributed by atoms with E-state index in [0.717, 1.165) is 12.1 Å². The third-order valence-electron chi connectivity index (χ3n) is 2.32. The second kappa shape index (κ2) is 5.09. The van der Waals surface area contributed by atoms with E-state index < -0.39 is 11.7 Å². The first-order valence-corrected chi connectivity index (χ1v) is 5.26. The van der Waals surface area contributed by atoms with Crippen LogP contribution >= 0.6 is 0 Å². The van der Waals surface area contributed by atoms with Gasteiger partial charge < -0.3 is 4.74 Å². The Bertz CT molecular complexity index is 579. The van der Waals surface area contributed by atoms with Gasteiger partial charge >= 0.3 is 6.18 Å². The van der Waals surface area contributed by atoms with E-state index in [-0.39, 0.29) is 11.6 Å². The number of hydrogen-bond acceptors (Lipinski definition) is 3. The van der Waals surface area contributed by atoms with Crippen molar-refractivity contribution >= 4 is 6.29 Å². The summed E-state index contributed by atoms with van der Waals surface area (Å²) in [6.07, 6.45) is -3.16. The van der Waals surface area contributed by atoms with E-state index in [0.29, 0.717) is 18.0 Å². The summed E-state index contributed by atoms with van der Waals surface area (Å²) in [4.78, 5) is 14.3. The van der Waals surface area contributed by atoms with Gasteiger partial charge in [0.1, 0.15) is 5.75 Å². The van der Waals surface area contributed by atoms with E-state index in [1.54, 1.807) is 12.1 Å². The van der Waals surface area contributed by atoms with Crippen molar-refractivity contribution in [3.63, 3.8) is 0 Å². The van der Waals surface area contributed by atoms with E-state index in [4.69, 9.17) is 4.74 Å². The summed E-state index contributed by atoms with van der Waals surface area (Å²) in [7, 11) is 0. The molecule has 0 N–H and O–H groups in total. The molecule has 0 spiro atoms. The van der Waals surface area contributed by atoms with Crippen molar-refractivity contribution in [1.29, 1.82) is 0 Å². The number of benzene rings is 1. The Labute approximate surface area is 106 Å².